The number of alkyl halides is 1. The van der Waals surface area contributed by atoms with Crippen molar-refractivity contribution < 1.29 is 4.74 Å². The fraction of sp³-hybridized carbons (Fsp3) is 1.00. The first-order chi connectivity index (χ1) is 5.88. The van der Waals surface area contributed by atoms with Crippen LogP contribution in [0.3, 0.4) is 0 Å². The summed E-state index contributed by atoms with van der Waals surface area (Å²) < 4.78 is 5.35. The van der Waals surface area contributed by atoms with Crippen molar-refractivity contribution in [1.82, 2.24) is 4.90 Å². The Morgan fingerprint density at radius 3 is 2.83 bits per heavy atom. The summed E-state index contributed by atoms with van der Waals surface area (Å²) in [4.78, 5) is 2.44. The maximum absolute atomic E-state index is 5.73. The van der Waals surface area contributed by atoms with Crippen LogP contribution in [-0.4, -0.2) is 43.1 Å². The van der Waals surface area contributed by atoms with E-state index in [2.05, 4.69) is 11.8 Å². The zero-order chi connectivity index (χ0) is 8.81. The third-order valence-corrected chi connectivity index (χ3v) is 2.47. The average molecular weight is 192 g/mol. The fourth-order valence-electron chi connectivity index (χ4n) is 1.68. The van der Waals surface area contributed by atoms with E-state index in [1.807, 2.05) is 0 Å². The Bertz CT molecular complexity index is 109. The summed E-state index contributed by atoms with van der Waals surface area (Å²) in [5.74, 6) is 0.733. The minimum absolute atomic E-state index is 0.628. The Balaban J connectivity index is 2.29. The third-order valence-electron chi connectivity index (χ3n) is 2.30. The van der Waals surface area contributed by atoms with Crippen LogP contribution in [0.1, 0.15) is 19.8 Å². The van der Waals surface area contributed by atoms with Gasteiger partial charge in [0.25, 0.3) is 0 Å². The lowest BCUT2D eigenvalue weighted by molar-refractivity contribution is 0.148. The number of hydrogen-bond donors (Lipinski definition) is 0. The lowest BCUT2D eigenvalue weighted by Crippen LogP contribution is -2.37. The van der Waals surface area contributed by atoms with E-state index >= 15 is 0 Å². The molecule has 0 N–H and O–H groups in total. The quantitative estimate of drug-likeness (QED) is 0.614. The second kappa shape index (κ2) is 5.79. The van der Waals surface area contributed by atoms with Crippen molar-refractivity contribution in [3.8, 4) is 0 Å². The summed E-state index contributed by atoms with van der Waals surface area (Å²) in [6.07, 6.45) is 2.38. The molecule has 0 bridgehead atoms. The summed E-state index contributed by atoms with van der Waals surface area (Å²) in [6.45, 7) is 6.19. The van der Waals surface area contributed by atoms with E-state index in [9.17, 15) is 0 Å². The maximum atomic E-state index is 5.73. The first-order valence-corrected chi connectivity index (χ1v) is 5.29. The van der Waals surface area contributed by atoms with Gasteiger partial charge in [0, 0.05) is 25.1 Å². The van der Waals surface area contributed by atoms with E-state index in [4.69, 9.17) is 16.3 Å². The molecule has 0 radical (unpaired) electrons. The first-order valence-electron chi connectivity index (χ1n) is 4.76. The van der Waals surface area contributed by atoms with Crippen LogP contribution in [-0.2, 0) is 4.74 Å². The monoisotopic (exact) mass is 191 g/mol. The molecule has 0 saturated carbocycles. The molecule has 0 aromatic heterocycles. The predicted octanol–water partition coefficient (Wildman–Crippen LogP) is 1.73. The lowest BCUT2D eigenvalue weighted by Gasteiger charge is -2.26. The van der Waals surface area contributed by atoms with Gasteiger partial charge < -0.3 is 4.74 Å². The van der Waals surface area contributed by atoms with Crippen molar-refractivity contribution in [2.45, 2.75) is 25.8 Å². The van der Waals surface area contributed by atoms with Crippen LogP contribution in [0.15, 0.2) is 0 Å². The summed E-state index contributed by atoms with van der Waals surface area (Å²) in [5.41, 5.74) is 0. The summed E-state index contributed by atoms with van der Waals surface area (Å²) in [5, 5.41) is 0. The van der Waals surface area contributed by atoms with Crippen LogP contribution in [0.5, 0.6) is 0 Å². The highest BCUT2D eigenvalue weighted by molar-refractivity contribution is 6.18. The highest BCUT2D eigenvalue weighted by Gasteiger charge is 2.21. The van der Waals surface area contributed by atoms with Gasteiger partial charge in [0.2, 0.25) is 0 Å². The number of rotatable bonds is 5. The molecule has 1 aliphatic rings. The molecule has 1 aliphatic heterocycles. The van der Waals surface area contributed by atoms with Gasteiger partial charge in [0.15, 0.2) is 0 Å². The molecule has 0 aromatic carbocycles. The Morgan fingerprint density at radius 2 is 2.33 bits per heavy atom. The van der Waals surface area contributed by atoms with E-state index in [0.717, 1.165) is 32.2 Å². The largest absolute Gasteiger partial charge is 0.380 e. The highest BCUT2D eigenvalue weighted by Crippen LogP contribution is 2.12. The number of ether oxygens (including phenoxy) is 1. The molecule has 0 aromatic rings. The Labute approximate surface area is 79.8 Å². The SMILES string of the molecule is CCCN(CCCl)C1CCOC1. The van der Waals surface area contributed by atoms with Gasteiger partial charge in [-0.1, -0.05) is 6.92 Å². The molecule has 1 atom stereocenters. The summed E-state index contributed by atoms with van der Waals surface area (Å²) in [7, 11) is 0. The molecule has 1 unspecified atom stereocenters. The highest BCUT2D eigenvalue weighted by atomic mass is 35.5. The van der Waals surface area contributed by atoms with Gasteiger partial charge in [-0.25, -0.2) is 0 Å². The van der Waals surface area contributed by atoms with Crippen molar-refractivity contribution in [3.63, 3.8) is 0 Å². The van der Waals surface area contributed by atoms with Gasteiger partial charge in [-0.15, -0.1) is 11.6 Å². The van der Waals surface area contributed by atoms with Crippen LogP contribution in [0.4, 0.5) is 0 Å². The molecule has 1 fully saturated rings. The molecule has 72 valence electrons. The molecule has 3 heteroatoms. The van der Waals surface area contributed by atoms with Gasteiger partial charge in [0.1, 0.15) is 0 Å². The minimum atomic E-state index is 0.628. The van der Waals surface area contributed by atoms with E-state index < -0.39 is 0 Å². The topological polar surface area (TPSA) is 12.5 Å². The predicted molar refractivity (Wildman–Crippen MR) is 51.8 cm³/mol. The molecule has 0 spiro atoms. The smallest absolute Gasteiger partial charge is 0.0622 e. The Kier molecular flexibility index (Phi) is 4.96. The molecule has 2 nitrogen and oxygen atoms in total. The van der Waals surface area contributed by atoms with Crippen LogP contribution in [0, 0.1) is 0 Å². The maximum Gasteiger partial charge on any atom is 0.0622 e. The number of halogens is 1. The normalized spacial score (nSPS) is 23.8. The second-order valence-corrected chi connectivity index (χ2v) is 3.62. The lowest BCUT2D eigenvalue weighted by atomic mass is 10.2. The van der Waals surface area contributed by atoms with Crippen LogP contribution < -0.4 is 0 Å². The first kappa shape index (κ1) is 10.3. The molecule has 12 heavy (non-hydrogen) atoms. The van der Waals surface area contributed by atoms with Crippen LogP contribution >= 0.6 is 11.6 Å². The molecule has 0 amide bonds. The van der Waals surface area contributed by atoms with Gasteiger partial charge in [-0.2, -0.15) is 0 Å². The van der Waals surface area contributed by atoms with Crippen molar-refractivity contribution in [1.29, 1.82) is 0 Å². The fourth-order valence-corrected chi connectivity index (χ4v) is 1.90. The van der Waals surface area contributed by atoms with Crippen molar-refractivity contribution in [2.24, 2.45) is 0 Å². The molecular formula is C9H18ClNO. The second-order valence-electron chi connectivity index (χ2n) is 3.24. The minimum Gasteiger partial charge on any atom is -0.380 e. The van der Waals surface area contributed by atoms with Gasteiger partial charge in [-0.3, -0.25) is 4.90 Å². The van der Waals surface area contributed by atoms with Gasteiger partial charge in [0.05, 0.1) is 6.61 Å². The standard InChI is InChI=1S/C9H18ClNO/c1-2-5-11(6-4-10)9-3-7-12-8-9/h9H,2-8H2,1H3. The van der Waals surface area contributed by atoms with E-state index in [1.54, 1.807) is 0 Å². The van der Waals surface area contributed by atoms with E-state index in [1.165, 1.54) is 12.8 Å². The summed E-state index contributed by atoms with van der Waals surface area (Å²) in [6, 6.07) is 0.628. The van der Waals surface area contributed by atoms with Crippen molar-refractivity contribution in [3.05, 3.63) is 0 Å². The molecule has 1 heterocycles. The van der Waals surface area contributed by atoms with Gasteiger partial charge >= 0.3 is 0 Å². The average Bonchev–Trinajstić information content (AvgIpc) is 2.56. The van der Waals surface area contributed by atoms with Crippen LogP contribution in [0.25, 0.3) is 0 Å². The summed E-state index contributed by atoms with van der Waals surface area (Å²) >= 11 is 5.73. The zero-order valence-corrected chi connectivity index (χ0v) is 8.52. The molecular weight excluding hydrogens is 174 g/mol. The molecule has 0 aliphatic carbocycles. The van der Waals surface area contributed by atoms with Crippen molar-refractivity contribution in [2.75, 3.05) is 32.2 Å². The molecule has 1 saturated heterocycles. The zero-order valence-electron chi connectivity index (χ0n) is 7.76. The van der Waals surface area contributed by atoms with E-state index in [0.29, 0.717) is 6.04 Å². The van der Waals surface area contributed by atoms with Gasteiger partial charge in [-0.05, 0) is 19.4 Å². The molecule has 1 rings (SSSR count). The Morgan fingerprint density at radius 1 is 1.50 bits per heavy atom. The Hall–Kier alpha value is 0.210. The number of nitrogens with zero attached hydrogens (tertiary/aromatic N) is 1. The van der Waals surface area contributed by atoms with E-state index in [-0.39, 0.29) is 0 Å². The van der Waals surface area contributed by atoms with Crippen LogP contribution in [0.2, 0.25) is 0 Å². The van der Waals surface area contributed by atoms with Crippen molar-refractivity contribution >= 4 is 11.6 Å². The third kappa shape index (κ3) is 2.92. The number of hydrogen-bond acceptors (Lipinski definition) is 2.